The molecule has 2 saturated heterocycles. The average Bonchev–Trinajstić information content (AvgIpc) is 3.07. The van der Waals surface area contributed by atoms with E-state index in [1.807, 2.05) is 24.3 Å². The molecule has 0 bridgehead atoms. The van der Waals surface area contributed by atoms with E-state index in [0.717, 1.165) is 30.6 Å². The molecule has 2 heterocycles. The van der Waals surface area contributed by atoms with E-state index < -0.39 is 0 Å². The van der Waals surface area contributed by atoms with Crippen molar-refractivity contribution in [1.82, 2.24) is 10.2 Å². The second-order valence-electron chi connectivity index (χ2n) is 7.18. The van der Waals surface area contributed by atoms with Crippen LogP contribution in [0.15, 0.2) is 24.3 Å². The topological polar surface area (TPSA) is 52.7 Å². The summed E-state index contributed by atoms with van der Waals surface area (Å²) in [6.07, 6.45) is 7.39. The molecule has 2 aliphatic heterocycles. The predicted octanol–water partition coefficient (Wildman–Crippen LogP) is 3.01. The van der Waals surface area contributed by atoms with Crippen molar-refractivity contribution < 1.29 is 9.59 Å². The van der Waals surface area contributed by atoms with Crippen molar-refractivity contribution in [3.05, 3.63) is 29.8 Å². The van der Waals surface area contributed by atoms with Crippen molar-refractivity contribution in [2.24, 2.45) is 5.92 Å². The zero-order valence-corrected chi connectivity index (χ0v) is 14.0. The molecule has 5 heteroatoms. The van der Waals surface area contributed by atoms with Gasteiger partial charge in [0, 0.05) is 36.9 Å². The van der Waals surface area contributed by atoms with Crippen LogP contribution in [0.4, 0.5) is 10.5 Å². The summed E-state index contributed by atoms with van der Waals surface area (Å²) in [5, 5.41) is 2.80. The number of anilines is 1. The van der Waals surface area contributed by atoms with Crippen LogP contribution < -0.4 is 10.2 Å². The first-order valence-corrected chi connectivity index (χ1v) is 9.20. The molecule has 5 nitrogen and oxygen atoms in total. The second-order valence-corrected chi connectivity index (χ2v) is 7.18. The number of amides is 3. The highest BCUT2D eigenvalue weighted by molar-refractivity contribution is 5.97. The predicted molar refractivity (Wildman–Crippen MR) is 93.2 cm³/mol. The smallest absolute Gasteiger partial charge is 0.321 e. The normalized spacial score (nSPS) is 26.9. The van der Waals surface area contributed by atoms with Gasteiger partial charge in [-0.05, 0) is 55.9 Å². The summed E-state index contributed by atoms with van der Waals surface area (Å²) in [6.45, 7) is 2.24. The highest BCUT2D eigenvalue weighted by Gasteiger charge is 2.36. The van der Waals surface area contributed by atoms with Gasteiger partial charge in [-0.2, -0.15) is 0 Å². The van der Waals surface area contributed by atoms with Crippen LogP contribution in [0.3, 0.4) is 0 Å². The van der Waals surface area contributed by atoms with Crippen molar-refractivity contribution in [3.63, 3.8) is 0 Å². The van der Waals surface area contributed by atoms with E-state index in [9.17, 15) is 9.59 Å². The third-order valence-electron chi connectivity index (χ3n) is 5.79. The van der Waals surface area contributed by atoms with Gasteiger partial charge in [-0.3, -0.25) is 9.69 Å². The summed E-state index contributed by atoms with van der Waals surface area (Å²) in [6, 6.07) is 7.89. The number of hydrogen-bond acceptors (Lipinski definition) is 2. The number of benzene rings is 1. The minimum atomic E-state index is -0.0600. The van der Waals surface area contributed by atoms with Crippen LogP contribution in [-0.4, -0.2) is 42.5 Å². The Morgan fingerprint density at radius 1 is 1.00 bits per heavy atom. The van der Waals surface area contributed by atoms with Crippen LogP contribution in [0.2, 0.25) is 0 Å². The van der Waals surface area contributed by atoms with Gasteiger partial charge in [-0.15, -0.1) is 0 Å². The third kappa shape index (κ3) is 2.76. The van der Waals surface area contributed by atoms with Crippen LogP contribution in [0, 0.1) is 5.92 Å². The summed E-state index contributed by atoms with van der Waals surface area (Å²) in [5.74, 6) is 0.855. The Kier molecular flexibility index (Phi) is 4.17. The first kappa shape index (κ1) is 15.5. The zero-order valence-electron chi connectivity index (χ0n) is 14.0. The number of carbonyl (C=O) groups is 2. The van der Waals surface area contributed by atoms with Gasteiger partial charge in [0.15, 0.2) is 0 Å². The lowest BCUT2D eigenvalue weighted by molar-refractivity contribution is 0.0390. The molecule has 4 rings (SSSR count). The molecule has 0 spiro atoms. The molecule has 2 atom stereocenters. The standard InChI is InChI=1S/C19H25N3O2/c23-18(22-12-3-5-14-4-1-2-6-17(14)22)15-7-9-16(10-8-15)21-13-11-20-19(21)24/h7-10,14,17H,1-6,11-13H2,(H,20,24). The molecule has 1 saturated carbocycles. The Labute approximate surface area is 143 Å². The van der Waals surface area contributed by atoms with Gasteiger partial charge in [0.2, 0.25) is 0 Å². The molecular formula is C19H25N3O2. The van der Waals surface area contributed by atoms with E-state index >= 15 is 0 Å². The Morgan fingerprint density at radius 2 is 1.75 bits per heavy atom. The highest BCUT2D eigenvalue weighted by atomic mass is 16.2. The molecule has 1 aliphatic carbocycles. The van der Waals surface area contributed by atoms with Crippen LogP contribution in [0.25, 0.3) is 0 Å². The fraction of sp³-hybridized carbons (Fsp3) is 0.579. The molecule has 1 aromatic rings. The molecule has 3 fully saturated rings. The number of nitrogens with zero attached hydrogens (tertiary/aromatic N) is 2. The fourth-order valence-corrected chi connectivity index (χ4v) is 4.54. The number of hydrogen-bond donors (Lipinski definition) is 1. The SMILES string of the molecule is O=C1NCCN1c1ccc(C(=O)N2CCCC3CCCCC32)cc1. The van der Waals surface area contributed by atoms with Gasteiger partial charge in [-0.25, -0.2) is 4.79 Å². The maximum Gasteiger partial charge on any atom is 0.321 e. The van der Waals surface area contributed by atoms with Crippen molar-refractivity contribution in [3.8, 4) is 0 Å². The molecule has 1 aromatic carbocycles. The van der Waals surface area contributed by atoms with Crippen molar-refractivity contribution in [1.29, 1.82) is 0 Å². The maximum atomic E-state index is 13.0. The number of carbonyl (C=O) groups excluding carboxylic acids is 2. The highest BCUT2D eigenvalue weighted by Crippen LogP contribution is 2.36. The average molecular weight is 327 g/mol. The van der Waals surface area contributed by atoms with Gasteiger partial charge < -0.3 is 10.2 Å². The van der Waals surface area contributed by atoms with Gasteiger partial charge in [0.1, 0.15) is 0 Å². The number of piperidine rings is 1. The first-order chi connectivity index (χ1) is 11.7. The van der Waals surface area contributed by atoms with Crippen molar-refractivity contribution >= 4 is 17.6 Å². The summed E-state index contributed by atoms with van der Waals surface area (Å²) >= 11 is 0. The quantitative estimate of drug-likeness (QED) is 0.908. The summed E-state index contributed by atoms with van der Waals surface area (Å²) < 4.78 is 0. The van der Waals surface area contributed by atoms with E-state index in [1.165, 1.54) is 25.7 Å². The molecule has 2 unspecified atom stereocenters. The minimum Gasteiger partial charge on any atom is -0.336 e. The van der Waals surface area contributed by atoms with E-state index in [-0.39, 0.29) is 11.9 Å². The van der Waals surface area contributed by atoms with Crippen molar-refractivity contribution in [2.45, 2.75) is 44.6 Å². The number of likely N-dealkylation sites (tertiary alicyclic amines) is 1. The van der Waals surface area contributed by atoms with Gasteiger partial charge in [-0.1, -0.05) is 12.8 Å². The van der Waals surface area contributed by atoms with Crippen LogP contribution in [0.5, 0.6) is 0 Å². The summed E-state index contributed by atoms with van der Waals surface area (Å²) in [7, 11) is 0. The fourth-order valence-electron chi connectivity index (χ4n) is 4.54. The first-order valence-electron chi connectivity index (χ1n) is 9.20. The Morgan fingerprint density at radius 3 is 2.50 bits per heavy atom. The molecular weight excluding hydrogens is 302 g/mol. The number of urea groups is 1. The molecule has 1 N–H and O–H groups in total. The van der Waals surface area contributed by atoms with Gasteiger partial charge >= 0.3 is 6.03 Å². The van der Waals surface area contributed by atoms with Crippen molar-refractivity contribution in [2.75, 3.05) is 24.5 Å². The maximum absolute atomic E-state index is 13.0. The molecule has 3 aliphatic rings. The Bertz CT molecular complexity index is 626. The monoisotopic (exact) mass is 327 g/mol. The summed E-state index contributed by atoms with van der Waals surface area (Å²) in [5.41, 5.74) is 1.60. The molecule has 128 valence electrons. The summed E-state index contributed by atoms with van der Waals surface area (Å²) in [4.78, 5) is 28.6. The van der Waals surface area contributed by atoms with E-state index in [0.29, 0.717) is 25.0 Å². The molecule has 0 radical (unpaired) electrons. The molecule has 0 aromatic heterocycles. The van der Waals surface area contributed by atoms with Crippen LogP contribution in [-0.2, 0) is 0 Å². The van der Waals surface area contributed by atoms with Crippen LogP contribution in [0.1, 0.15) is 48.9 Å². The molecule has 3 amide bonds. The second kappa shape index (κ2) is 6.46. The van der Waals surface area contributed by atoms with E-state index in [4.69, 9.17) is 0 Å². The van der Waals surface area contributed by atoms with Crippen LogP contribution >= 0.6 is 0 Å². The number of nitrogens with one attached hydrogen (secondary N) is 1. The number of fused-ring (bicyclic) bond motifs is 1. The van der Waals surface area contributed by atoms with E-state index in [2.05, 4.69) is 10.2 Å². The lowest BCUT2D eigenvalue weighted by Crippen LogP contribution is -2.49. The number of rotatable bonds is 2. The zero-order chi connectivity index (χ0) is 16.5. The molecule has 24 heavy (non-hydrogen) atoms. The Balaban J connectivity index is 1.50. The van der Waals surface area contributed by atoms with E-state index in [1.54, 1.807) is 4.90 Å². The van der Waals surface area contributed by atoms with Gasteiger partial charge in [0.25, 0.3) is 5.91 Å². The lowest BCUT2D eigenvalue weighted by atomic mass is 9.78. The largest absolute Gasteiger partial charge is 0.336 e. The lowest BCUT2D eigenvalue weighted by Gasteiger charge is -2.44. The third-order valence-corrected chi connectivity index (χ3v) is 5.79. The minimum absolute atomic E-state index is 0.0600. The van der Waals surface area contributed by atoms with Gasteiger partial charge in [0.05, 0.1) is 0 Å². The Hall–Kier alpha value is -2.04.